The average molecular weight is 223 g/mol. The normalized spacial score (nSPS) is 23.1. The Kier molecular flexibility index (Phi) is 2.72. The van der Waals surface area contributed by atoms with Gasteiger partial charge in [-0.25, -0.2) is 4.79 Å². The molecule has 1 heterocycles. The zero-order valence-corrected chi connectivity index (χ0v) is 10.5. The number of rotatable bonds is 0. The molecule has 1 aliphatic heterocycles. The molecule has 0 N–H and O–H groups in total. The Morgan fingerprint density at radius 2 is 1.94 bits per heavy atom. The third-order valence-electron chi connectivity index (χ3n) is 3.36. The van der Waals surface area contributed by atoms with Gasteiger partial charge in [-0.2, -0.15) is 0 Å². The number of allylic oxidation sites excluding steroid dienone is 2. The van der Waals surface area contributed by atoms with E-state index >= 15 is 0 Å². The van der Waals surface area contributed by atoms with Crippen LogP contribution in [0.3, 0.4) is 0 Å². The smallest absolute Gasteiger partial charge is 0.410 e. The first-order valence-corrected chi connectivity index (χ1v) is 6.03. The topological polar surface area (TPSA) is 29.5 Å². The third-order valence-corrected chi connectivity index (χ3v) is 3.36. The first kappa shape index (κ1) is 11.5. The first-order valence-electron chi connectivity index (χ1n) is 6.03. The first-order chi connectivity index (χ1) is 7.40. The highest BCUT2D eigenvalue weighted by molar-refractivity contribution is 5.68. The van der Waals surface area contributed by atoms with Gasteiger partial charge in [-0.05, 0) is 45.4 Å². The standard InChI is InChI=1S/C13H21NO2/c1-12(2,3)16-11(15)14-9-8-13(10-14)6-4-5-7-13/h4-5H,6-10H2,1-3H3. The predicted molar refractivity (Wildman–Crippen MR) is 63.2 cm³/mol. The van der Waals surface area contributed by atoms with Crippen LogP contribution in [-0.4, -0.2) is 29.7 Å². The molecule has 1 spiro atoms. The van der Waals surface area contributed by atoms with E-state index in [4.69, 9.17) is 4.74 Å². The molecule has 1 aliphatic carbocycles. The van der Waals surface area contributed by atoms with Crippen molar-refractivity contribution in [3.63, 3.8) is 0 Å². The Morgan fingerprint density at radius 1 is 1.31 bits per heavy atom. The average Bonchev–Trinajstić information content (AvgIpc) is 2.74. The van der Waals surface area contributed by atoms with Crippen LogP contribution in [0.25, 0.3) is 0 Å². The molecule has 0 aromatic rings. The Hall–Kier alpha value is -0.990. The summed E-state index contributed by atoms with van der Waals surface area (Å²) in [5.74, 6) is 0. The van der Waals surface area contributed by atoms with E-state index in [1.54, 1.807) is 0 Å². The van der Waals surface area contributed by atoms with E-state index in [2.05, 4.69) is 12.2 Å². The molecule has 0 atom stereocenters. The second-order valence-corrected chi connectivity index (χ2v) is 6.03. The van der Waals surface area contributed by atoms with Gasteiger partial charge in [0.2, 0.25) is 0 Å². The van der Waals surface area contributed by atoms with Gasteiger partial charge in [-0.3, -0.25) is 0 Å². The van der Waals surface area contributed by atoms with Crippen molar-refractivity contribution in [1.82, 2.24) is 4.90 Å². The highest BCUT2D eigenvalue weighted by Crippen LogP contribution is 2.42. The van der Waals surface area contributed by atoms with Crippen molar-refractivity contribution in [3.8, 4) is 0 Å². The molecule has 0 aromatic heterocycles. The maximum atomic E-state index is 11.9. The van der Waals surface area contributed by atoms with Gasteiger partial charge < -0.3 is 9.64 Å². The van der Waals surface area contributed by atoms with E-state index in [1.807, 2.05) is 25.7 Å². The minimum Gasteiger partial charge on any atom is -0.444 e. The highest BCUT2D eigenvalue weighted by Gasteiger charge is 2.41. The summed E-state index contributed by atoms with van der Waals surface area (Å²) in [6.45, 7) is 7.43. The molecule has 3 nitrogen and oxygen atoms in total. The fourth-order valence-corrected chi connectivity index (χ4v) is 2.50. The number of ether oxygens (including phenoxy) is 1. The fraction of sp³-hybridized carbons (Fsp3) is 0.769. The summed E-state index contributed by atoms with van der Waals surface area (Å²) in [6.07, 6.45) is 7.66. The highest BCUT2D eigenvalue weighted by atomic mass is 16.6. The Labute approximate surface area is 97.5 Å². The molecule has 1 amide bonds. The number of hydrogen-bond acceptors (Lipinski definition) is 2. The largest absolute Gasteiger partial charge is 0.444 e. The van der Waals surface area contributed by atoms with Gasteiger partial charge in [0.25, 0.3) is 0 Å². The maximum Gasteiger partial charge on any atom is 0.410 e. The summed E-state index contributed by atoms with van der Waals surface area (Å²) in [5, 5.41) is 0. The van der Waals surface area contributed by atoms with Crippen molar-refractivity contribution < 1.29 is 9.53 Å². The number of carbonyl (C=O) groups is 1. The van der Waals surface area contributed by atoms with Crippen LogP contribution in [0, 0.1) is 5.41 Å². The summed E-state index contributed by atoms with van der Waals surface area (Å²) in [7, 11) is 0. The van der Waals surface area contributed by atoms with Crippen LogP contribution in [0.5, 0.6) is 0 Å². The number of carbonyl (C=O) groups excluding carboxylic acids is 1. The number of nitrogens with zero attached hydrogens (tertiary/aromatic N) is 1. The number of likely N-dealkylation sites (tertiary alicyclic amines) is 1. The quantitative estimate of drug-likeness (QED) is 0.591. The van der Waals surface area contributed by atoms with Crippen molar-refractivity contribution in [2.75, 3.05) is 13.1 Å². The van der Waals surface area contributed by atoms with E-state index in [9.17, 15) is 4.79 Å². The molecule has 0 aromatic carbocycles. The van der Waals surface area contributed by atoms with Crippen LogP contribution in [0.15, 0.2) is 12.2 Å². The minimum atomic E-state index is -0.388. The van der Waals surface area contributed by atoms with Crippen LogP contribution in [0.1, 0.15) is 40.0 Å². The molecule has 90 valence electrons. The summed E-state index contributed by atoms with van der Waals surface area (Å²) in [5.41, 5.74) is -0.0579. The molecule has 0 unspecified atom stereocenters. The van der Waals surface area contributed by atoms with E-state index < -0.39 is 0 Å². The molecule has 0 bridgehead atoms. The Bertz CT molecular complexity index is 306. The van der Waals surface area contributed by atoms with Gasteiger partial charge in [0, 0.05) is 13.1 Å². The maximum absolute atomic E-state index is 11.9. The lowest BCUT2D eigenvalue weighted by Gasteiger charge is -2.26. The van der Waals surface area contributed by atoms with Gasteiger partial charge in [0.1, 0.15) is 5.60 Å². The van der Waals surface area contributed by atoms with Gasteiger partial charge in [0.05, 0.1) is 0 Å². The lowest BCUT2D eigenvalue weighted by molar-refractivity contribution is 0.0274. The summed E-state index contributed by atoms with van der Waals surface area (Å²) in [4.78, 5) is 13.7. The summed E-state index contributed by atoms with van der Waals surface area (Å²) < 4.78 is 5.39. The molecule has 2 aliphatic rings. The second-order valence-electron chi connectivity index (χ2n) is 6.03. The molecule has 0 radical (unpaired) electrons. The minimum absolute atomic E-state index is 0.156. The van der Waals surface area contributed by atoms with Crippen LogP contribution in [-0.2, 0) is 4.74 Å². The molecular weight excluding hydrogens is 202 g/mol. The molecule has 16 heavy (non-hydrogen) atoms. The van der Waals surface area contributed by atoms with E-state index in [0.717, 1.165) is 32.4 Å². The SMILES string of the molecule is CC(C)(C)OC(=O)N1CCC2(CC=CC2)C1. The molecule has 1 saturated heterocycles. The lowest BCUT2D eigenvalue weighted by atomic mass is 9.85. The number of amides is 1. The zero-order valence-electron chi connectivity index (χ0n) is 10.5. The molecule has 0 saturated carbocycles. The van der Waals surface area contributed by atoms with Crippen molar-refractivity contribution in [2.24, 2.45) is 5.41 Å². The van der Waals surface area contributed by atoms with Crippen LogP contribution in [0.4, 0.5) is 4.79 Å². The lowest BCUT2D eigenvalue weighted by Crippen LogP contribution is -2.36. The van der Waals surface area contributed by atoms with Gasteiger partial charge in [-0.1, -0.05) is 12.2 Å². The van der Waals surface area contributed by atoms with Crippen molar-refractivity contribution in [3.05, 3.63) is 12.2 Å². The van der Waals surface area contributed by atoms with Crippen LogP contribution < -0.4 is 0 Å². The van der Waals surface area contributed by atoms with E-state index in [0.29, 0.717) is 5.41 Å². The van der Waals surface area contributed by atoms with Crippen molar-refractivity contribution >= 4 is 6.09 Å². The Balaban J connectivity index is 1.91. The van der Waals surface area contributed by atoms with E-state index in [1.165, 1.54) is 0 Å². The number of hydrogen-bond donors (Lipinski definition) is 0. The Morgan fingerprint density at radius 3 is 2.50 bits per heavy atom. The monoisotopic (exact) mass is 223 g/mol. The van der Waals surface area contributed by atoms with E-state index in [-0.39, 0.29) is 11.7 Å². The zero-order chi connectivity index (χ0) is 11.8. The van der Waals surface area contributed by atoms with Crippen molar-refractivity contribution in [2.45, 2.75) is 45.6 Å². The predicted octanol–water partition coefficient (Wildman–Crippen LogP) is 2.96. The van der Waals surface area contributed by atoms with Crippen molar-refractivity contribution in [1.29, 1.82) is 0 Å². The molecule has 2 rings (SSSR count). The third kappa shape index (κ3) is 2.39. The van der Waals surface area contributed by atoms with Gasteiger partial charge in [0.15, 0.2) is 0 Å². The molecule has 3 heteroatoms. The second kappa shape index (κ2) is 3.79. The van der Waals surface area contributed by atoms with Gasteiger partial charge >= 0.3 is 6.09 Å². The summed E-state index contributed by atoms with van der Waals surface area (Å²) in [6, 6.07) is 0. The summed E-state index contributed by atoms with van der Waals surface area (Å²) >= 11 is 0. The molecule has 1 fully saturated rings. The fourth-order valence-electron chi connectivity index (χ4n) is 2.50. The van der Waals surface area contributed by atoms with Gasteiger partial charge in [-0.15, -0.1) is 0 Å². The van der Waals surface area contributed by atoms with Crippen LogP contribution >= 0.6 is 0 Å². The molecular formula is C13H21NO2. The van der Waals surface area contributed by atoms with Crippen LogP contribution in [0.2, 0.25) is 0 Å².